The molecule has 2 saturated carbocycles. The fraction of sp³-hybridized carbons (Fsp3) is 0.400. The molecule has 2 aliphatic carbocycles. The number of nitro groups is 1. The Morgan fingerprint density at radius 2 is 2.05 bits per heavy atom. The van der Waals surface area contributed by atoms with Gasteiger partial charge in [0, 0.05) is 0 Å². The quantitative estimate of drug-likeness (QED) is 0.372. The second kappa shape index (κ2) is 4.97. The predicted octanol–water partition coefficient (Wildman–Crippen LogP) is 2.85. The van der Waals surface area contributed by atoms with Crippen LogP contribution >= 0.6 is 0 Å². The first-order chi connectivity index (χ1) is 9.20. The van der Waals surface area contributed by atoms with E-state index in [-0.39, 0.29) is 19.9 Å². The van der Waals surface area contributed by atoms with Crippen LogP contribution in [-0.2, 0) is 0 Å². The molecule has 2 aliphatic rings. The molecule has 3 atom stereocenters. The van der Waals surface area contributed by atoms with E-state index < -0.39 is 0 Å². The molecule has 4 heteroatoms. The molecule has 0 heterocycles. The Hall–Kier alpha value is -1.34. The summed E-state index contributed by atoms with van der Waals surface area (Å²) in [7, 11) is 0. The first-order valence-electron chi connectivity index (χ1n) is 6.52. The van der Waals surface area contributed by atoms with E-state index in [4.69, 9.17) is 0 Å². The topological polar surface area (TPSA) is 43.1 Å². The molecule has 0 amide bonds. The van der Waals surface area contributed by atoms with Crippen molar-refractivity contribution in [1.82, 2.24) is 0 Å². The number of rotatable bonds is 3. The molecule has 0 spiro atoms. The van der Waals surface area contributed by atoms with Gasteiger partial charge in [0.25, 0.3) is 0 Å². The van der Waals surface area contributed by atoms with E-state index in [9.17, 15) is 10.1 Å². The van der Waals surface area contributed by atoms with Crippen molar-refractivity contribution in [3.8, 4) is 0 Å². The maximum absolute atomic E-state index is 11.0. The third kappa shape index (κ3) is 2.40. The summed E-state index contributed by atoms with van der Waals surface area (Å²) >= 11 is 0.220. The molecule has 19 heavy (non-hydrogen) atoms. The Bertz CT molecular complexity index is 576. The summed E-state index contributed by atoms with van der Waals surface area (Å²) in [6.07, 6.45) is 4.40. The van der Waals surface area contributed by atoms with E-state index in [1.807, 2.05) is 25.1 Å². The summed E-state index contributed by atoms with van der Waals surface area (Å²) in [6, 6.07) is 7.20. The second-order valence-electron chi connectivity index (χ2n) is 5.04. The first kappa shape index (κ1) is 12.7. The van der Waals surface area contributed by atoms with E-state index in [0.29, 0.717) is 10.5 Å². The van der Waals surface area contributed by atoms with Gasteiger partial charge in [-0.3, -0.25) is 0 Å². The molecule has 1 aromatic rings. The number of hydrogen-bond acceptors (Lipinski definition) is 2. The van der Waals surface area contributed by atoms with Gasteiger partial charge in [-0.05, 0) is 0 Å². The van der Waals surface area contributed by atoms with Crippen LogP contribution in [0.25, 0.3) is 0 Å². The zero-order valence-corrected chi connectivity index (χ0v) is 12.4. The Morgan fingerprint density at radius 1 is 1.37 bits per heavy atom. The Balaban J connectivity index is 1.69. The van der Waals surface area contributed by atoms with Crippen molar-refractivity contribution in [2.45, 2.75) is 24.6 Å². The van der Waals surface area contributed by atoms with Crippen LogP contribution in [0.3, 0.4) is 0 Å². The molecular weight excluding hydrogens is 305 g/mol. The van der Waals surface area contributed by atoms with Gasteiger partial charge in [-0.25, -0.2) is 0 Å². The summed E-state index contributed by atoms with van der Waals surface area (Å²) < 4.78 is 0.947. The zero-order chi connectivity index (χ0) is 13.4. The van der Waals surface area contributed by atoms with E-state index in [0.717, 1.165) is 16.3 Å². The number of benzene rings is 1. The van der Waals surface area contributed by atoms with Crippen LogP contribution in [0.1, 0.15) is 19.8 Å². The molecule has 0 radical (unpaired) electrons. The van der Waals surface area contributed by atoms with Crippen LogP contribution in [-0.4, -0.2) is 19.9 Å². The van der Waals surface area contributed by atoms with Crippen LogP contribution in [0, 0.1) is 22.0 Å². The van der Waals surface area contributed by atoms with Crippen molar-refractivity contribution in [3.05, 3.63) is 51.8 Å². The van der Waals surface area contributed by atoms with Gasteiger partial charge in [0.15, 0.2) is 0 Å². The van der Waals surface area contributed by atoms with Crippen LogP contribution in [0.4, 0.5) is 5.69 Å². The summed E-state index contributed by atoms with van der Waals surface area (Å²) in [5.41, 5.74) is 5.11. The predicted molar refractivity (Wildman–Crippen MR) is 75.7 cm³/mol. The molecule has 0 aliphatic heterocycles. The number of hydrogen-bond donors (Lipinski definition) is 0. The van der Waals surface area contributed by atoms with Gasteiger partial charge in [0.05, 0.1) is 0 Å². The van der Waals surface area contributed by atoms with E-state index in [1.165, 1.54) is 18.4 Å². The van der Waals surface area contributed by atoms with Gasteiger partial charge in [0.2, 0.25) is 0 Å². The number of nitrogens with zero attached hydrogens (tertiary/aromatic N) is 1. The maximum atomic E-state index is 11.0. The molecule has 1 unspecified atom stereocenters. The summed E-state index contributed by atoms with van der Waals surface area (Å²) in [5.74, 6) is 1.46. The van der Waals surface area contributed by atoms with Gasteiger partial charge in [0.1, 0.15) is 0 Å². The van der Waals surface area contributed by atoms with Crippen molar-refractivity contribution in [1.29, 1.82) is 0 Å². The summed E-state index contributed by atoms with van der Waals surface area (Å²) in [6.45, 7) is 2.01. The van der Waals surface area contributed by atoms with E-state index in [2.05, 4.69) is 5.73 Å². The van der Waals surface area contributed by atoms with Crippen molar-refractivity contribution >= 4 is 25.1 Å². The minimum absolute atomic E-state index is 0.220. The zero-order valence-electron chi connectivity index (χ0n) is 10.7. The molecule has 1 aromatic carbocycles. The first-order valence-corrected chi connectivity index (χ1v) is 8.36. The minimum atomic E-state index is -0.252. The van der Waals surface area contributed by atoms with Crippen molar-refractivity contribution in [2.75, 3.05) is 0 Å². The molecule has 3 rings (SSSR count). The molecule has 0 N–H and O–H groups in total. The number of allylic oxidation sites excluding steroid dienone is 1. The Labute approximate surface area is 118 Å². The number of fused-ring (bicyclic) bond motifs is 1. The molecular formula is C15H15NO2Se. The SMILES string of the molecule is CC=C=C1[C@H]2CC([Se]c3ccccc3[N+](=O)[O-])C[C@@H]12. The average molecular weight is 320 g/mol. The molecule has 0 bridgehead atoms. The number of para-hydroxylation sites is 1. The Morgan fingerprint density at radius 3 is 2.68 bits per heavy atom. The van der Waals surface area contributed by atoms with Gasteiger partial charge in [-0.1, -0.05) is 0 Å². The summed E-state index contributed by atoms with van der Waals surface area (Å²) in [4.78, 5) is 11.4. The molecule has 98 valence electrons. The average Bonchev–Trinajstić information content (AvgIpc) is 2.85. The van der Waals surface area contributed by atoms with Crippen LogP contribution in [0.5, 0.6) is 0 Å². The molecule has 2 fully saturated rings. The second-order valence-corrected chi connectivity index (χ2v) is 7.85. The van der Waals surface area contributed by atoms with Crippen LogP contribution in [0.2, 0.25) is 4.82 Å². The fourth-order valence-electron chi connectivity index (χ4n) is 2.99. The van der Waals surface area contributed by atoms with Gasteiger partial charge in [-0.15, -0.1) is 0 Å². The molecule has 0 saturated heterocycles. The number of nitro benzene ring substituents is 1. The van der Waals surface area contributed by atoms with Crippen LogP contribution in [0.15, 0.2) is 41.6 Å². The van der Waals surface area contributed by atoms with Crippen molar-refractivity contribution < 1.29 is 4.92 Å². The van der Waals surface area contributed by atoms with Crippen molar-refractivity contribution in [3.63, 3.8) is 0 Å². The molecule has 0 aromatic heterocycles. The normalized spacial score (nSPS) is 27.6. The monoisotopic (exact) mass is 321 g/mol. The third-order valence-corrected chi connectivity index (χ3v) is 6.64. The fourth-order valence-corrected chi connectivity index (χ4v) is 5.90. The Kier molecular flexibility index (Phi) is 3.32. The van der Waals surface area contributed by atoms with Gasteiger partial charge in [-0.2, -0.15) is 0 Å². The standard InChI is InChI=1S/C15H15NO2Se/c1-2-5-11-12-8-10(9-13(11)12)19-15-7-4-3-6-14(15)16(17)18/h2-4,6-7,10,12-13H,8-9H2,1H3/t5?,10?,12-,13+. The van der Waals surface area contributed by atoms with Crippen LogP contribution < -0.4 is 4.46 Å². The molecule has 3 nitrogen and oxygen atoms in total. The summed E-state index contributed by atoms with van der Waals surface area (Å²) in [5, 5.41) is 11.0. The van der Waals surface area contributed by atoms with Crippen molar-refractivity contribution in [2.24, 2.45) is 11.8 Å². The van der Waals surface area contributed by atoms with Gasteiger partial charge < -0.3 is 0 Å². The van der Waals surface area contributed by atoms with E-state index >= 15 is 0 Å². The van der Waals surface area contributed by atoms with E-state index in [1.54, 1.807) is 12.1 Å². The van der Waals surface area contributed by atoms with Gasteiger partial charge >= 0.3 is 118 Å². The third-order valence-electron chi connectivity index (χ3n) is 3.88.